The second-order valence-electron chi connectivity index (χ2n) is 3.50. The third-order valence-corrected chi connectivity index (χ3v) is 2.29. The van der Waals surface area contributed by atoms with Crippen molar-refractivity contribution in [2.24, 2.45) is 0 Å². The Morgan fingerprint density at radius 1 is 1.38 bits per heavy atom. The Balaban J connectivity index is 3.26. The number of rotatable bonds is 3. The SMILES string of the molecule is CC(O)(c1cccc(O)c1)C(F)(F)C(=O)O. The molecule has 0 saturated carbocycles. The molecule has 88 valence electrons. The summed E-state index contributed by atoms with van der Waals surface area (Å²) >= 11 is 0. The molecule has 0 aliphatic rings. The minimum absolute atomic E-state index is 0.334. The standard InChI is InChI=1S/C10H10F2O4/c1-9(16,10(11,12)8(14)15)6-3-2-4-7(13)5-6/h2-5,13,16H,1H3,(H,14,15). The zero-order chi connectivity index (χ0) is 12.6. The highest BCUT2D eigenvalue weighted by Gasteiger charge is 2.57. The number of benzene rings is 1. The van der Waals surface area contributed by atoms with Gasteiger partial charge in [0.25, 0.3) is 0 Å². The lowest BCUT2D eigenvalue weighted by Gasteiger charge is -2.29. The number of hydrogen-bond donors (Lipinski definition) is 3. The zero-order valence-electron chi connectivity index (χ0n) is 8.32. The van der Waals surface area contributed by atoms with Gasteiger partial charge in [-0.25, -0.2) is 4.79 Å². The molecule has 0 spiro atoms. The van der Waals surface area contributed by atoms with Crippen LogP contribution in [0, 0.1) is 0 Å². The van der Waals surface area contributed by atoms with Gasteiger partial charge in [-0.3, -0.25) is 0 Å². The van der Waals surface area contributed by atoms with Crippen molar-refractivity contribution in [2.45, 2.75) is 18.4 Å². The van der Waals surface area contributed by atoms with E-state index in [-0.39, 0.29) is 11.3 Å². The van der Waals surface area contributed by atoms with Crippen LogP contribution in [0.4, 0.5) is 8.78 Å². The molecule has 0 amide bonds. The summed E-state index contributed by atoms with van der Waals surface area (Å²) in [6.45, 7) is 0.676. The summed E-state index contributed by atoms with van der Waals surface area (Å²) < 4.78 is 26.4. The van der Waals surface area contributed by atoms with Crippen LogP contribution in [0.2, 0.25) is 0 Å². The fourth-order valence-corrected chi connectivity index (χ4v) is 1.20. The number of carboxylic acid groups (broad SMARTS) is 1. The lowest BCUT2D eigenvalue weighted by atomic mass is 9.89. The first-order chi connectivity index (χ1) is 7.19. The molecule has 0 bridgehead atoms. The molecule has 1 rings (SSSR count). The van der Waals surface area contributed by atoms with Crippen molar-refractivity contribution in [1.29, 1.82) is 0 Å². The van der Waals surface area contributed by atoms with Crippen molar-refractivity contribution in [3.63, 3.8) is 0 Å². The van der Waals surface area contributed by atoms with Crippen LogP contribution in [0.1, 0.15) is 12.5 Å². The van der Waals surface area contributed by atoms with E-state index in [0.29, 0.717) is 6.92 Å². The van der Waals surface area contributed by atoms with E-state index >= 15 is 0 Å². The third kappa shape index (κ3) is 1.83. The molecule has 0 aromatic heterocycles. The van der Waals surface area contributed by atoms with Gasteiger partial charge in [-0.1, -0.05) is 12.1 Å². The highest BCUT2D eigenvalue weighted by Crippen LogP contribution is 2.38. The van der Waals surface area contributed by atoms with Crippen LogP contribution >= 0.6 is 0 Å². The molecule has 1 unspecified atom stereocenters. The normalized spacial score (nSPS) is 15.5. The Morgan fingerprint density at radius 3 is 2.38 bits per heavy atom. The molecule has 0 aliphatic heterocycles. The van der Waals surface area contributed by atoms with Crippen LogP contribution in [-0.4, -0.2) is 27.2 Å². The Bertz CT molecular complexity index is 415. The van der Waals surface area contributed by atoms with Crippen LogP contribution in [0.5, 0.6) is 5.75 Å². The average molecular weight is 232 g/mol. The summed E-state index contributed by atoms with van der Waals surface area (Å²) in [5.41, 5.74) is -3.27. The molecule has 6 heteroatoms. The maximum absolute atomic E-state index is 13.2. The number of aromatic hydroxyl groups is 1. The number of phenols is 1. The quantitative estimate of drug-likeness (QED) is 0.734. The Hall–Kier alpha value is -1.69. The van der Waals surface area contributed by atoms with Gasteiger partial charge < -0.3 is 15.3 Å². The lowest BCUT2D eigenvalue weighted by molar-refractivity contribution is -0.207. The van der Waals surface area contributed by atoms with Gasteiger partial charge in [0, 0.05) is 0 Å². The highest BCUT2D eigenvalue weighted by molar-refractivity contribution is 5.77. The second kappa shape index (κ2) is 3.71. The van der Waals surface area contributed by atoms with Gasteiger partial charge in [-0.15, -0.1) is 0 Å². The first-order valence-electron chi connectivity index (χ1n) is 4.32. The number of aliphatic hydroxyl groups is 1. The predicted octanol–water partition coefficient (Wildman–Crippen LogP) is 1.32. The van der Waals surface area contributed by atoms with E-state index in [2.05, 4.69) is 0 Å². The van der Waals surface area contributed by atoms with E-state index in [4.69, 9.17) is 10.2 Å². The van der Waals surface area contributed by atoms with Crippen molar-refractivity contribution in [3.8, 4) is 5.75 Å². The molecule has 4 nitrogen and oxygen atoms in total. The number of alkyl halides is 2. The molecule has 3 N–H and O–H groups in total. The van der Waals surface area contributed by atoms with Crippen LogP contribution < -0.4 is 0 Å². The summed E-state index contributed by atoms with van der Waals surface area (Å²) in [6.07, 6.45) is 0. The van der Waals surface area contributed by atoms with Crippen molar-refractivity contribution in [1.82, 2.24) is 0 Å². The summed E-state index contributed by atoms with van der Waals surface area (Å²) in [7, 11) is 0. The van der Waals surface area contributed by atoms with E-state index in [1.165, 1.54) is 12.1 Å². The van der Waals surface area contributed by atoms with Crippen LogP contribution in [0.25, 0.3) is 0 Å². The monoisotopic (exact) mass is 232 g/mol. The van der Waals surface area contributed by atoms with Crippen LogP contribution in [-0.2, 0) is 10.4 Å². The van der Waals surface area contributed by atoms with Crippen LogP contribution in [0.15, 0.2) is 24.3 Å². The van der Waals surface area contributed by atoms with Crippen molar-refractivity contribution < 1.29 is 28.9 Å². The average Bonchev–Trinajstić information content (AvgIpc) is 2.17. The first-order valence-corrected chi connectivity index (χ1v) is 4.32. The lowest BCUT2D eigenvalue weighted by Crippen LogP contribution is -2.48. The highest BCUT2D eigenvalue weighted by atomic mass is 19.3. The molecule has 0 saturated heterocycles. The number of aliphatic carboxylic acids is 1. The van der Waals surface area contributed by atoms with Gasteiger partial charge in [0.1, 0.15) is 5.75 Å². The molecule has 1 aromatic carbocycles. The smallest absolute Gasteiger partial charge is 0.378 e. The molecule has 16 heavy (non-hydrogen) atoms. The minimum atomic E-state index is -4.35. The fourth-order valence-electron chi connectivity index (χ4n) is 1.20. The zero-order valence-corrected chi connectivity index (χ0v) is 8.32. The molecule has 1 aromatic rings. The maximum atomic E-state index is 13.2. The van der Waals surface area contributed by atoms with Crippen LogP contribution in [0.3, 0.4) is 0 Å². The molecule has 0 fully saturated rings. The maximum Gasteiger partial charge on any atom is 0.378 e. The number of carboxylic acids is 1. The third-order valence-electron chi connectivity index (χ3n) is 2.29. The second-order valence-corrected chi connectivity index (χ2v) is 3.50. The van der Waals surface area contributed by atoms with Gasteiger partial charge in [0.2, 0.25) is 0 Å². The number of hydrogen-bond acceptors (Lipinski definition) is 3. The van der Waals surface area contributed by atoms with E-state index < -0.39 is 17.5 Å². The van der Waals surface area contributed by atoms with Gasteiger partial charge in [-0.2, -0.15) is 8.78 Å². The minimum Gasteiger partial charge on any atom is -0.508 e. The Morgan fingerprint density at radius 2 is 1.94 bits per heavy atom. The first kappa shape index (κ1) is 12.4. The van der Waals surface area contributed by atoms with E-state index in [1.807, 2.05) is 0 Å². The van der Waals surface area contributed by atoms with E-state index in [9.17, 15) is 18.7 Å². The van der Waals surface area contributed by atoms with Gasteiger partial charge in [-0.05, 0) is 24.6 Å². The molecule has 0 aliphatic carbocycles. The van der Waals surface area contributed by atoms with E-state index in [1.54, 1.807) is 0 Å². The number of carbonyl (C=O) groups is 1. The summed E-state index contributed by atoms with van der Waals surface area (Å²) in [5.74, 6) is -7.11. The van der Waals surface area contributed by atoms with Gasteiger partial charge >= 0.3 is 11.9 Å². The molecular formula is C10H10F2O4. The summed E-state index contributed by atoms with van der Waals surface area (Å²) in [6, 6.07) is 4.45. The fraction of sp³-hybridized carbons (Fsp3) is 0.300. The Kier molecular flexibility index (Phi) is 2.87. The molecule has 0 heterocycles. The van der Waals surface area contributed by atoms with Gasteiger partial charge in [0.05, 0.1) is 0 Å². The largest absolute Gasteiger partial charge is 0.508 e. The molecular weight excluding hydrogens is 222 g/mol. The number of phenolic OH excluding ortho intramolecular Hbond substituents is 1. The van der Waals surface area contributed by atoms with E-state index in [0.717, 1.165) is 12.1 Å². The van der Waals surface area contributed by atoms with Gasteiger partial charge in [0.15, 0.2) is 5.60 Å². The topological polar surface area (TPSA) is 77.8 Å². The predicted molar refractivity (Wildman–Crippen MR) is 50.3 cm³/mol. The van der Waals surface area contributed by atoms with Crippen molar-refractivity contribution in [3.05, 3.63) is 29.8 Å². The Labute approximate surface area is 89.8 Å². The number of halogens is 2. The summed E-state index contributed by atoms with van der Waals surface area (Å²) in [4.78, 5) is 10.4. The summed E-state index contributed by atoms with van der Waals surface area (Å²) in [5, 5.41) is 27.0. The van der Waals surface area contributed by atoms with Crippen molar-refractivity contribution >= 4 is 5.97 Å². The molecule has 0 radical (unpaired) electrons. The van der Waals surface area contributed by atoms with Crippen molar-refractivity contribution in [2.75, 3.05) is 0 Å². The molecule has 1 atom stereocenters.